The zero-order chi connectivity index (χ0) is 19.5. The van der Waals surface area contributed by atoms with Gasteiger partial charge in [0.2, 0.25) is 0 Å². The van der Waals surface area contributed by atoms with E-state index < -0.39 is 30.0 Å². The van der Waals surface area contributed by atoms with E-state index in [0.717, 1.165) is 12.1 Å². The standard InChI is InChI=1S/C16H10N2O6S2/c1-17-13-7-5-11(15(9-13)25(19,20)21)3-4-12-6-8-14(18-2)10-16(12)26(22,23)24/h3-10H,(H,19,20,21)(H,22,23,24). The Morgan fingerprint density at radius 3 is 1.35 bits per heavy atom. The molecule has 26 heavy (non-hydrogen) atoms. The largest absolute Gasteiger partial charge is 0.293 e. The fourth-order valence-corrected chi connectivity index (χ4v) is 3.49. The molecule has 0 spiro atoms. The van der Waals surface area contributed by atoms with Crippen molar-refractivity contribution in [2.45, 2.75) is 9.79 Å². The van der Waals surface area contributed by atoms with Gasteiger partial charge in [-0.2, -0.15) is 16.8 Å². The quantitative estimate of drug-likeness (QED) is 0.469. The van der Waals surface area contributed by atoms with Crippen molar-refractivity contribution in [1.29, 1.82) is 0 Å². The molecular weight excluding hydrogens is 380 g/mol. The average molecular weight is 390 g/mol. The van der Waals surface area contributed by atoms with Crippen LogP contribution in [0.4, 0.5) is 11.4 Å². The first-order valence-corrected chi connectivity index (χ1v) is 9.60. The van der Waals surface area contributed by atoms with Crippen LogP contribution < -0.4 is 0 Å². The fourth-order valence-electron chi connectivity index (χ4n) is 2.09. The van der Waals surface area contributed by atoms with E-state index in [4.69, 9.17) is 13.1 Å². The molecular formula is C16H10N2O6S2. The molecule has 0 radical (unpaired) electrons. The number of nitrogens with zero attached hydrogens (tertiary/aromatic N) is 2. The monoisotopic (exact) mass is 390 g/mol. The summed E-state index contributed by atoms with van der Waals surface area (Å²) < 4.78 is 64.6. The summed E-state index contributed by atoms with van der Waals surface area (Å²) in [5.41, 5.74) is 0.00973. The van der Waals surface area contributed by atoms with E-state index in [1.165, 1.54) is 36.4 Å². The molecule has 132 valence electrons. The number of benzene rings is 2. The maximum atomic E-state index is 11.5. The Labute approximate surface area is 150 Å². The van der Waals surface area contributed by atoms with Crippen molar-refractivity contribution in [2.75, 3.05) is 0 Å². The molecule has 2 aromatic carbocycles. The molecule has 0 atom stereocenters. The van der Waals surface area contributed by atoms with Gasteiger partial charge in [0.15, 0.2) is 11.4 Å². The van der Waals surface area contributed by atoms with E-state index in [9.17, 15) is 25.9 Å². The summed E-state index contributed by atoms with van der Waals surface area (Å²) in [6.45, 7) is 13.8. The Morgan fingerprint density at radius 2 is 1.08 bits per heavy atom. The molecule has 2 N–H and O–H groups in total. The summed E-state index contributed by atoms with van der Waals surface area (Å²) in [7, 11) is -9.24. The van der Waals surface area contributed by atoms with Gasteiger partial charge in [-0.05, 0) is 23.3 Å². The molecule has 2 aromatic rings. The van der Waals surface area contributed by atoms with Crippen LogP contribution in [0.25, 0.3) is 21.8 Å². The molecule has 0 unspecified atom stereocenters. The lowest BCUT2D eigenvalue weighted by molar-refractivity contribution is 0.480. The first kappa shape index (κ1) is 19.3. The van der Waals surface area contributed by atoms with E-state index in [0.29, 0.717) is 0 Å². The highest BCUT2D eigenvalue weighted by Crippen LogP contribution is 2.27. The second kappa shape index (κ2) is 7.07. The molecule has 0 saturated carbocycles. The minimum atomic E-state index is -4.62. The second-order valence-electron chi connectivity index (χ2n) is 4.95. The Hall–Kier alpha value is -3.02. The molecule has 10 heteroatoms. The zero-order valence-electron chi connectivity index (χ0n) is 12.9. The van der Waals surface area contributed by atoms with Crippen LogP contribution in [0.2, 0.25) is 0 Å². The molecule has 0 aliphatic rings. The molecule has 0 aromatic heterocycles. The first-order chi connectivity index (χ1) is 12.1. The number of rotatable bonds is 4. The van der Waals surface area contributed by atoms with Crippen LogP contribution in [0.1, 0.15) is 11.1 Å². The predicted molar refractivity (Wildman–Crippen MR) is 94.0 cm³/mol. The minimum absolute atomic E-state index is 0.00481. The average Bonchev–Trinajstić information content (AvgIpc) is 2.58. The van der Waals surface area contributed by atoms with Crippen molar-refractivity contribution < 1.29 is 25.9 Å². The summed E-state index contributed by atoms with van der Waals surface area (Å²) in [4.78, 5) is 5.12. The lowest BCUT2D eigenvalue weighted by Gasteiger charge is -2.06. The highest BCUT2D eigenvalue weighted by Gasteiger charge is 2.17. The minimum Gasteiger partial charge on any atom is -0.282 e. The van der Waals surface area contributed by atoms with Crippen molar-refractivity contribution in [3.05, 3.63) is 70.4 Å². The lowest BCUT2D eigenvalue weighted by atomic mass is 10.1. The third-order valence-corrected chi connectivity index (χ3v) is 5.07. The molecule has 0 amide bonds. The van der Waals surface area contributed by atoms with Gasteiger partial charge in [-0.1, -0.05) is 36.4 Å². The Bertz CT molecular complexity index is 1100. The molecule has 2 rings (SSSR count). The lowest BCUT2D eigenvalue weighted by Crippen LogP contribution is -2.01. The van der Waals surface area contributed by atoms with Crippen LogP contribution in [-0.4, -0.2) is 25.9 Å². The molecule has 0 aliphatic heterocycles. The van der Waals surface area contributed by atoms with Crippen molar-refractivity contribution in [2.24, 2.45) is 0 Å². The third kappa shape index (κ3) is 4.33. The zero-order valence-corrected chi connectivity index (χ0v) is 14.5. The van der Waals surface area contributed by atoms with Gasteiger partial charge in [0.05, 0.1) is 22.9 Å². The van der Waals surface area contributed by atoms with E-state index in [-0.39, 0.29) is 22.5 Å². The second-order valence-corrected chi connectivity index (χ2v) is 7.73. The first-order valence-electron chi connectivity index (χ1n) is 6.72. The summed E-state index contributed by atoms with van der Waals surface area (Å²) in [5, 5.41) is 0. The normalized spacial score (nSPS) is 11.8. The smallest absolute Gasteiger partial charge is 0.282 e. The highest BCUT2D eigenvalue weighted by atomic mass is 32.2. The summed E-state index contributed by atoms with van der Waals surface area (Å²) >= 11 is 0. The highest BCUT2D eigenvalue weighted by molar-refractivity contribution is 7.86. The molecule has 0 saturated heterocycles. The van der Waals surface area contributed by atoms with E-state index >= 15 is 0 Å². The number of hydrogen-bond donors (Lipinski definition) is 2. The molecule has 0 aliphatic carbocycles. The van der Waals surface area contributed by atoms with E-state index in [1.54, 1.807) is 0 Å². The Balaban J connectivity index is 2.63. The fraction of sp³-hybridized carbons (Fsp3) is 0. The SMILES string of the molecule is [C-]#[N+]c1ccc(C=Cc2ccc([N+]#[C-])cc2S(=O)(=O)O)c(S(=O)(=O)O)c1. The van der Waals surface area contributed by atoms with Crippen LogP contribution in [0, 0.1) is 13.1 Å². The van der Waals surface area contributed by atoms with Crippen molar-refractivity contribution in [1.82, 2.24) is 0 Å². The predicted octanol–water partition coefficient (Wildman–Crippen LogP) is 3.45. The van der Waals surface area contributed by atoms with E-state index in [2.05, 4.69) is 9.69 Å². The maximum Gasteiger partial charge on any atom is 0.293 e. The third-order valence-electron chi connectivity index (χ3n) is 3.25. The molecule has 8 nitrogen and oxygen atoms in total. The van der Waals surface area contributed by atoms with Gasteiger partial charge in [0.1, 0.15) is 0 Å². The van der Waals surface area contributed by atoms with Gasteiger partial charge in [-0.15, -0.1) is 0 Å². The van der Waals surface area contributed by atoms with Gasteiger partial charge < -0.3 is 0 Å². The molecule has 0 heterocycles. The van der Waals surface area contributed by atoms with Crippen LogP contribution in [0.5, 0.6) is 0 Å². The number of hydrogen-bond acceptors (Lipinski definition) is 4. The summed E-state index contributed by atoms with van der Waals surface area (Å²) in [6, 6.07) is 7.16. The Morgan fingerprint density at radius 1 is 0.731 bits per heavy atom. The van der Waals surface area contributed by atoms with Gasteiger partial charge >= 0.3 is 0 Å². The van der Waals surface area contributed by atoms with Crippen LogP contribution in [0.3, 0.4) is 0 Å². The van der Waals surface area contributed by atoms with Gasteiger partial charge in [-0.25, -0.2) is 9.69 Å². The topological polar surface area (TPSA) is 117 Å². The van der Waals surface area contributed by atoms with Crippen LogP contribution >= 0.6 is 0 Å². The van der Waals surface area contributed by atoms with Crippen LogP contribution in [0.15, 0.2) is 46.2 Å². The van der Waals surface area contributed by atoms with Gasteiger partial charge in [-0.3, -0.25) is 9.11 Å². The van der Waals surface area contributed by atoms with E-state index in [1.807, 2.05) is 0 Å². The van der Waals surface area contributed by atoms with Crippen LogP contribution in [-0.2, 0) is 20.2 Å². The summed E-state index contributed by atoms with van der Waals surface area (Å²) in [5.74, 6) is 0. The van der Waals surface area contributed by atoms with Crippen molar-refractivity contribution in [3.8, 4) is 0 Å². The van der Waals surface area contributed by atoms with Crippen molar-refractivity contribution >= 4 is 43.8 Å². The molecule has 0 fully saturated rings. The summed E-state index contributed by atoms with van der Waals surface area (Å²) in [6.07, 6.45) is 2.41. The Kier molecular flexibility index (Phi) is 5.25. The molecule has 0 bridgehead atoms. The van der Waals surface area contributed by atoms with Crippen molar-refractivity contribution in [3.63, 3.8) is 0 Å². The van der Waals surface area contributed by atoms with Gasteiger partial charge in [0.25, 0.3) is 20.2 Å². The van der Waals surface area contributed by atoms with Gasteiger partial charge in [0, 0.05) is 0 Å². The maximum absolute atomic E-state index is 11.5.